The Morgan fingerprint density at radius 3 is 2.81 bits per heavy atom. The fourth-order valence-electron chi connectivity index (χ4n) is 5.11. The summed E-state index contributed by atoms with van der Waals surface area (Å²) >= 11 is 0. The lowest BCUT2D eigenvalue weighted by atomic mass is 10.1. The molecule has 0 radical (unpaired) electrons. The van der Waals surface area contributed by atoms with E-state index in [9.17, 15) is 4.79 Å². The third-order valence-corrected chi connectivity index (χ3v) is 6.94. The Morgan fingerprint density at radius 1 is 1.16 bits per heavy atom. The molecule has 7 heteroatoms. The van der Waals surface area contributed by atoms with Crippen molar-refractivity contribution < 1.29 is 4.79 Å². The molecular weight excluding hydrogens is 400 g/mol. The summed E-state index contributed by atoms with van der Waals surface area (Å²) in [6.07, 6.45) is 9.38. The zero-order chi connectivity index (χ0) is 22.3. The van der Waals surface area contributed by atoms with E-state index >= 15 is 0 Å². The van der Waals surface area contributed by atoms with Crippen molar-refractivity contribution in [3.05, 3.63) is 42.5 Å². The molecule has 1 saturated heterocycles. The van der Waals surface area contributed by atoms with Gasteiger partial charge in [-0.3, -0.25) is 14.4 Å². The number of benzene rings is 1. The van der Waals surface area contributed by atoms with Gasteiger partial charge in [0.15, 0.2) is 0 Å². The Bertz CT molecular complexity index is 852. The van der Waals surface area contributed by atoms with Crippen LogP contribution in [0.4, 0.5) is 5.69 Å². The number of amides is 1. The summed E-state index contributed by atoms with van der Waals surface area (Å²) in [6.45, 7) is 8.95. The Kier molecular flexibility index (Phi) is 7.79. The summed E-state index contributed by atoms with van der Waals surface area (Å²) in [4.78, 5) is 22.2. The van der Waals surface area contributed by atoms with Gasteiger partial charge in [-0.15, -0.1) is 0 Å². The lowest BCUT2D eigenvalue weighted by Crippen LogP contribution is -2.45. The standard InChI is InChI=1S/C25H38N6O/c1-20(2)12-15-31-22-9-10-23(31)17-29(25(32)8-5-14-30-19-26-18-28-30)16-21-6-3-4-7-24(21)27-13-11-22/h3-4,6-7,18-20,22-23,27H,5,8-17H2,1-2H3/t22-,23+/m1/s1. The topological polar surface area (TPSA) is 66.3 Å². The van der Waals surface area contributed by atoms with Crippen molar-refractivity contribution in [1.82, 2.24) is 24.6 Å². The van der Waals surface area contributed by atoms with E-state index < -0.39 is 0 Å². The number of para-hydroxylation sites is 1. The van der Waals surface area contributed by atoms with Crippen molar-refractivity contribution in [3.8, 4) is 0 Å². The molecule has 1 amide bonds. The maximum Gasteiger partial charge on any atom is 0.222 e. The summed E-state index contributed by atoms with van der Waals surface area (Å²) < 4.78 is 1.80. The van der Waals surface area contributed by atoms with Crippen LogP contribution in [0.2, 0.25) is 0 Å². The molecule has 174 valence electrons. The summed E-state index contributed by atoms with van der Waals surface area (Å²) in [7, 11) is 0. The van der Waals surface area contributed by atoms with Gasteiger partial charge in [-0.05, 0) is 56.2 Å². The first-order valence-corrected chi connectivity index (χ1v) is 12.3. The van der Waals surface area contributed by atoms with Gasteiger partial charge in [-0.1, -0.05) is 32.0 Å². The molecule has 1 fully saturated rings. The number of anilines is 1. The zero-order valence-electron chi connectivity index (χ0n) is 19.6. The molecular formula is C25H38N6O. The van der Waals surface area contributed by atoms with Crippen molar-refractivity contribution in [1.29, 1.82) is 0 Å². The summed E-state index contributed by atoms with van der Waals surface area (Å²) in [5, 5.41) is 7.82. The molecule has 1 aromatic heterocycles. The number of carbonyl (C=O) groups excluding carboxylic acids is 1. The highest BCUT2D eigenvalue weighted by Crippen LogP contribution is 2.30. The van der Waals surface area contributed by atoms with Gasteiger partial charge < -0.3 is 10.2 Å². The van der Waals surface area contributed by atoms with E-state index in [1.807, 2.05) is 0 Å². The smallest absolute Gasteiger partial charge is 0.222 e. The second-order valence-electron chi connectivity index (χ2n) is 9.71. The highest BCUT2D eigenvalue weighted by Gasteiger charge is 2.35. The van der Waals surface area contributed by atoms with Crippen LogP contribution in [0.3, 0.4) is 0 Å². The highest BCUT2D eigenvalue weighted by atomic mass is 16.2. The van der Waals surface area contributed by atoms with E-state index in [1.165, 1.54) is 30.5 Å². The molecule has 7 nitrogen and oxygen atoms in total. The van der Waals surface area contributed by atoms with E-state index in [0.29, 0.717) is 31.0 Å². The van der Waals surface area contributed by atoms with Gasteiger partial charge in [0.05, 0.1) is 0 Å². The third kappa shape index (κ3) is 5.88. The van der Waals surface area contributed by atoms with Gasteiger partial charge in [0.2, 0.25) is 5.91 Å². The highest BCUT2D eigenvalue weighted by molar-refractivity contribution is 5.76. The molecule has 4 rings (SSSR count). The number of aryl methyl sites for hydroxylation is 1. The molecule has 0 saturated carbocycles. The van der Waals surface area contributed by atoms with Gasteiger partial charge in [-0.2, -0.15) is 5.10 Å². The number of carbonyl (C=O) groups is 1. The van der Waals surface area contributed by atoms with Crippen LogP contribution in [0.25, 0.3) is 0 Å². The molecule has 1 aromatic carbocycles. The average molecular weight is 439 g/mol. The minimum absolute atomic E-state index is 0.242. The molecule has 32 heavy (non-hydrogen) atoms. The van der Waals surface area contributed by atoms with Crippen molar-refractivity contribution in [2.75, 3.05) is 25.0 Å². The maximum atomic E-state index is 13.4. The van der Waals surface area contributed by atoms with Crippen molar-refractivity contribution in [3.63, 3.8) is 0 Å². The van der Waals surface area contributed by atoms with Gasteiger partial charge in [0.25, 0.3) is 0 Å². The monoisotopic (exact) mass is 438 g/mol. The van der Waals surface area contributed by atoms with Gasteiger partial charge in [0, 0.05) is 50.4 Å². The molecule has 0 unspecified atom stereocenters. The number of nitrogens with one attached hydrogen (secondary N) is 1. The van der Waals surface area contributed by atoms with Crippen molar-refractivity contribution in [2.45, 2.75) is 77.5 Å². The summed E-state index contributed by atoms with van der Waals surface area (Å²) in [5.74, 6) is 0.941. The summed E-state index contributed by atoms with van der Waals surface area (Å²) in [5.41, 5.74) is 2.38. The van der Waals surface area contributed by atoms with Gasteiger partial charge in [-0.25, -0.2) is 4.98 Å². The first kappa shape index (κ1) is 22.8. The van der Waals surface area contributed by atoms with Gasteiger partial charge >= 0.3 is 0 Å². The van der Waals surface area contributed by atoms with Crippen LogP contribution >= 0.6 is 0 Å². The number of nitrogens with zero attached hydrogens (tertiary/aromatic N) is 5. The van der Waals surface area contributed by atoms with Crippen LogP contribution in [0.5, 0.6) is 0 Å². The predicted molar refractivity (Wildman–Crippen MR) is 127 cm³/mol. The number of rotatable bonds is 7. The van der Waals surface area contributed by atoms with Crippen LogP contribution in [0, 0.1) is 5.92 Å². The largest absolute Gasteiger partial charge is 0.385 e. The lowest BCUT2D eigenvalue weighted by Gasteiger charge is -2.34. The van der Waals surface area contributed by atoms with Crippen LogP contribution in [0.15, 0.2) is 36.9 Å². The number of hydrogen-bond acceptors (Lipinski definition) is 5. The SMILES string of the molecule is CC(C)CCN1[C@H]2CCNc3ccccc3CN(C(=O)CCCn3cncn3)C[C@@H]1CC2. The second kappa shape index (κ2) is 10.9. The van der Waals surface area contributed by atoms with Crippen LogP contribution in [-0.4, -0.2) is 62.2 Å². The van der Waals surface area contributed by atoms with E-state index in [4.69, 9.17) is 0 Å². The molecule has 2 aliphatic heterocycles. The molecule has 2 atom stereocenters. The second-order valence-corrected chi connectivity index (χ2v) is 9.71. The van der Waals surface area contributed by atoms with E-state index in [0.717, 1.165) is 39.0 Å². The minimum Gasteiger partial charge on any atom is -0.385 e. The number of hydrogen-bond donors (Lipinski definition) is 1. The fraction of sp³-hybridized carbons (Fsp3) is 0.640. The molecule has 2 aromatic rings. The van der Waals surface area contributed by atoms with Crippen molar-refractivity contribution >= 4 is 11.6 Å². The molecule has 3 heterocycles. The van der Waals surface area contributed by atoms with E-state index in [-0.39, 0.29) is 5.91 Å². The quantitative estimate of drug-likeness (QED) is 0.713. The molecule has 1 N–H and O–H groups in total. The van der Waals surface area contributed by atoms with Crippen LogP contribution in [-0.2, 0) is 17.9 Å². The number of aromatic nitrogens is 3. The lowest BCUT2D eigenvalue weighted by molar-refractivity contribution is -0.132. The minimum atomic E-state index is 0.242. The first-order chi connectivity index (χ1) is 15.6. The Morgan fingerprint density at radius 2 is 2.00 bits per heavy atom. The fourth-order valence-corrected chi connectivity index (χ4v) is 5.11. The van der Waals surface area contributed by atoms with E-state index in [2.05, 4.69) is 63.3 Å². The Balaban J connectivity index is 1.50. The van der Waals surface area contributed by atoms with Gasteiger partial charge in [0.1, 0.15) is 12.7 Å². The zero-order valence-corrected chi connectivity index (χ0v) is 19.6. The molecule has 2 bridgehead atoms. The Labute approximate surface area is 192 Å². The molecule has 2 aliphatic rings. The molecule has 0 aliphatic carbocycles. The van der Waals surface area contributed by atoms with Crippen LogP contribution < -0.4 is 5.32 Å². The van der Waals surface area contributed by atoms with E-state index in [1.54, 1.807) is 17.3 Å². The third-order valence-electron chi connectivity index (χ3n) is 6.94. The summed E-state index contributed by atoms with van der Waals surface area (Å²) in [6, 6.07) is 9.54. The van der Waals surface area contributed by atoms with Crippen LogP contribution in [0.1, 0.15) is 57.9 Å². The first-order valence-electron chi connectivity index (χ1n) is 12.3. The molecule has 0 spiro atoms. The average Bonchev–Trinajstić information content (AvgIpc) is 3.41. The maximum absolute atomic E-state index is 13.4. The van der Waals surface area contributed by atoms with Crippen molar-refractivity contribution in [2.24, 2.45) is 5.92 Å². The normalized spacial score (nSPS) is 21.8. The predicted octanol–water partition coefficient (Wildman–Crippen LogP) is 3.78. The number of fused-ring (bicyclic) bond motifs is 3. The Hall–Kier alpha value is -2.41.